The molecule has 1 atom stereocenters. The van der Waals surface area contributed by atoms with E-state index < -0.39 is 0 Å². The number of rotatable bonds is 5. The van der Waals surface area contributed by atoms with Gasteiger partial charge in [0.2, 0.25) is 0 Å². The van der Waals surface area contributed by atoms with Crippen LogP contribution in [0.15, 0.2) is 24.3 Å². The van der Waals surface area contributed by atoms with E-state index >= 15 is 0 Å². The van der Waals surface area contributed by atoms with Crippen LogP contribution in [0.4, 0.5) is 10.1 Å². The van der Waals surface area contributed by atoms with Gasteiger partial charge in [0.15, 0.2) is 0 Å². The Kier molecular flexibility index (Phi) is 4.40. The number of hydrogen-bond donors (Lipinski definition) is 1. The van der Waals surface area contributed by atoms with Crippen molar-refractivity contribution in [1.29, 1.82) is 0 Å². The van der Waals surface area contributed by atoms with E-state index in [0.29, 0.717) is 13.2 Å². The number of hydrogen-bond acceptors (Lipinski definition) is 2. The Morgan fingerprint density at radius 3 is 2.93 bits per heavy atom. The van der Waals surface area contributed by atoms with Crippen molar-refractivity contribution >= 4 is 5.69 Å². The number of ether oxygens (including phenoxy) is 1. The minimum absolute atomic E-state index is 0.191. The van der Waals surface area contributed by atoms with Crippen molar-refractivity contribution in [3.05, 3.63) is 30.1 Å². The molecule has 1 unspecified atom stereocenters. The van der Waals surface area contributed by atoms with E-state index in [0.717, 1.165) is 5.69 Å². The third-order valence-corrected chi connectivity index (χ3v) is 1.81. The minimum Gasteiger partial charge on any atom is -0.380 e. The van der Waals surface area contributed by atoms with E-state index in [1.54, 1.807) is 6.07 Å². The van der Waals surface area contributed by atoms with Gasteiger partial charge in [-0.1, -0.05) is 6.07 Å². The van der Waals surface area contributed by atoms with Crippen LogP contribution in [0, 0.1) is 5.82 Å². The predicted molar refractivity (Wildman–Crippen MR) is 56.0 cm³/mol. The van der Waals surface area contributed by atoms with E-state index in [9.17, 15) is 4.39 Å². The Balaban J connectivity index is 2.43. The Morgan fingerprint density at radius 1 is 1.50 bits per heavy atom. The molecule has 14 heavy (non-hydrogen) atoms. The summed E-state index contributed by atoms with van der Waals surface area (Å²) in [5.74, 6) is -0.224. The molecule has 0 saturated heterocycles. The first kappa shape index (κ1) is 11.0. The molecular formula is C11H16FNO. The summed E-state index contributed by atoms with van der Waals surface area (Å²) in [4.78, 5) is 0. The summed E-state index contributed by atoms with van der Waals surface area (Å²) in [6.45, 7) is 5.29. The van der Waals surface area contributed by atoms with E-state index in [-0.39, 0.29) is 11.9 Å². The lowest BCUT2D eigenvalue weighted by atomic mass is 10.2. The molecule has 0 saturated carbocycles. The van der Waals surface area contributed by atoms with Gasteiger partial charge in [0.1, 0.15) is 5.82 Å². The fourth-order valence-electron chi connectivity index (χ4n) is 1.20. The summed E-state index contributed by atoms with van der Waals surface area (Å²) in [6.07, 6.45) is 0. The molecule has 0 radical (unpaired) electrons. The van der Waals surface area contributed by atoms with Gasteiger partial charge < -0.3 is 10.1 Å². The van der Waals surface area contributed by atoms with Crippen molar-refractivity contribution in [2.75, 3.05) is 18.5 Å². The average molecular weight is 197 g/mol. The van der Waals surface area contributed by atoms with Gasteiger partial charge in [-0.15, -0.1) is 0 Å². The third kappa shape index (κ3) is 3.75. The predicted octanol–water partition coefficient (Wildman–Crippen LogP) is 2.66. The fourth-order valence-corrected chi connectivity index (χ4v) is 1.20. The molecule has 1 aromatic carbocycles. The maximum atomic E-state index is 12.8. The molecule has 1 aromatic rings. The highest BCUT2D eigenvalue weighted by molar-refractivity contribution is 5.43. The third-order valence-electron chi connectivity index (χ3n) is 1.81. The first-order valence-electron chi connectivity index (χ1n) is 4.82. The zero-order valence-corrected chi connectivity index (χ0v) is 8.59. The van der Waals surface area contributed by atoms with Crippen LogP contribution in [0.25, 0.3) is 0 Å². The first-order valence-corrected chi connectivity index (χ1v) is 4.82. The van der Waals surface area contributed by atoms with Gasteiger partial charge in [-0.05, 0) is 32.0 Å². The molecule has 0 aromatic heterocycles. The quantitative estimate of drug-likeness (QED) is 0.783. The lowest BCUT2D eigenvalue weighted by molar-refractivity contribution is 0.141. The van der Waals surface area contributed by atoms with Crippen LogP contribution >= 0.6 is 0 Å². The molecule has 0 aliphatic rings. The molecular weight excluding hydrogens is 181 g/mol. The van der Waals surface area contributed by atoms with Crippen LogP contribution in [-0.2, 0) is 4.74 Å². The Labute approximate surface area is 84.1 Å². The molecule has 2 nitrogen and oxygen atoms in total. The molecule has 0 spiro atoms. The second kappa shape index (κ2) is 5.60. The van der Waals surface area contributed by atoms with Crippen molar-refractivity contribution in [3.8, 4) is 0 Å². The molecule has 78 valence electrons. The Hall–Kier alpha value is -1.09. The maximum absolute atomic E-state index is 12.8. The van der Waals surface area contributed by atoms with Crippen molar-refractivity contribution in [2.24, 2.45) is 0 Å². The molecule has 1 N–H and O–H groups in total. The van der Waals surface area contributed by atoms with Crippen LogP contribution in [-0.4, -0.2) is 19.3 Å². The summed E-state index contributed by atoms with van der Waals surface area (Å²) in [5.41, 5.74) is 0.789. The zero-order chi connectivity index (χ0) is 10.4. The van der Waals surface area contributed by atoms with Gasteiger partial charge >= 0.3 is 0 Å². The fraction of sp³-hybridized carbons (Fsp3) is 0.455. The van der Waals surface area contributed by atoms with E-state index in [1.807, 2.05) is 19.9 Å². The molecule has 0 aliphatic heterocycles. The number of benzene rings is 1. The van der Waals surface area contributed by atoms with Crippen LogP contribution in [0.2, 0.25) is 0 Å². The van der Waals surface area contributed by atoms with Gasteiger partial charge in [-0.25, -0.2) is 4.39 Å². The Morgan fingerprint density at radius 2 is 2.29 bits per heavy atom. The number of halogens is 1. The summed E-state index contributed by atoms with van der Waals surface area (Å²) in [6, 6.07) is 6.62. The highest BCUT2D eigenvalue weighted by Gasteiger charge is 2.01. The topological polar surface area (TPSA) is 21.3 Å². The van der Waals surface area contributed by atoms with Crippen molar-refractivity contribution in [2.45, 2.75) is 19.9 Å². The summed E-state index contributed by atoms with van der Waals surface area (Å²) in [7, 11) is 0. The minimum atomic E-state index is -0.224. The van der Waals surface area contributed by atoms with E-state index in [1.165, 1.54) is 12.1 Å². The number of nitrogens with one attached hydrogen (secondary N) is 1. The maximum Gasteiger partial charge on any atom is 0.125 e. The lowest BCUT2D eigenvalue weighted by Gasteiger charge is -2.14. The van der Waals surface area contributed by atoms with Crippen LogP contribution in [0.5, 0.6) is 0 Å². The molecule has 0 bridgehead atoms. The SMILES string of the molecule is CCOCC(C)Nc1cccc(F)c1. The van der Waals surface area contributed by atoms with Gasteiger partial charge in [0.25, 0.3) is 0 Å². The smallest absolute Gasteiger partial charge is 0.125 e. The van der Waals surface area contributed by atoms with Crippen molar-refractivity contribution < 1.29 is 9.13 Å². The van der Waals surface area contributed by atoms with Crippen LogP contribution in [0.1, 0.15) is 13.8 Å². The normalized spacial score (nSPS) is 12.5. The first-order chi connectivity index (χ1) is 6.72. The van der Waals surface area contributed by atoms with Crippen LogP contribution in [0.3, 0.4) is 0 Å². The lowest BCUT2D eigenvalue weighted by Crippen LogP contribution is -2.21. The summed E-state index contributed by atoms with van der Waals surface area (Å²) in [5, 5.41) is 3.15. The molecule has 0 heterocycles. The summed E-state index contributed by atoms with van der Waals surface area (Å²) >= 11 is 0. The van der Waals surface area contributed by atoms with Crippen LogP contribution < -0.4 is 5.32 Å². The molecule has 0 amide bonds. The van der Waals surface area contributed by atoms with E-state index in [2.05, 4.69) is 5.32 Å². The largest absolute Gasteiger partial charge is 0.380 e. The van der Waals surface area contributed by atoms with Crippen molar-refractivity contribution in [3.63, 3.8) is 0 Å². The van der Waals surface area contributed by atoms with Gasteiger partial charge in [0, 0.05) is 18.3 Å². The average Bonchev–Trinajstić information content (AvgIpc) is 2.15. The zero-order valence-electron chi connectivity index (χ0n) is 8.59. The monoisotopic (exact) mass is 197 g/mol. The molecule has 1 rings (SSSR count). The Bertz CT molecular complexity index is 278. The molecule has 0 fully saturated rings. The van der Waals surface area contributed by atoms with Gasteiger partial charge in [-0.3, -0.25) is 0 Å². The second-order valence-corrected chi connectivity index (χ2v) is 3.22. The number of anilines is 1. The van der Waals surface area contributed by atoms with E-state index in [4.69, 9.17) is 4.74 Å². The summed E-state index contributed by atoms with van der Waals surface area (Å²) < 4.78 is 18.0. The highest BCUT2D eigenvalue weighted by atomic mass is 19.1. The molecule has 0 aliphatic carbocycles. The standard InChI is InChI=1S/C11H16FNO/c1-3-14-8-9(2)13-11-6-4-5-10(12)7-11/h4-7,9,13H,3,8H2,1-2H3. The van der Waals surface area contributed by atoms with Gasteiger partial charge in [-0.2, -0.15) is 0 Å². The second-order valence-electron chi connectivity index (χ2n) is 3.22. The van der Waals surface area contributed by atoms with Crippen molar-refractivity contribution in [1.82, 2.24) is 0 Å². The van der Waals surface area contributed by atoms with Gasteiger partial charge in [0.05, 0.1) is 6.61 Å². The highest BCUT2D eigenvalue weighted by Crippen LogP contribution is 2.10. The molecule has 3 heteroatoms.